The van der Waals surface area contributed by atoms with E-state index in [0.717, 1.165) is 203 Å². The summed E-state index contributed by atoms with van der Waals surface area (Å²) >= 11 is 0. The molecule has 0 amide bonds. The van der Waals surface area contributed by atoms with Crippen LogP contribution in [0.4, 0.5) is 35.1 Å². The number of fused-ring (bicyclic) bond motifs is 2. The van der Waals surface area contributed by atoms with Crippen molar-refractivity contribution < 1.29 is 95.0 Å². The molecule has 0 radical (unpaired) electrons. The van der Waals surface area contributed by atoms with E-state index in [1.54, 1.807) is 0 Å². The summed E-state index contributed by atoms with van der Waals surface area (Å²) in [7, 11) is -19.0. The summed E-state index contributed by atoms with van der Waals surface area (Å²) in [5, 5.41) is -1.16. The number of ether oxygens (including phenoxy) is 2. The molecule has 594 valence electrons. The maximum Gasteiger partial charge on any atom is 0.297 e. The number of hydrogen-bond acceptors (Lipinski definition) is 14. The molecule has 0 aromatic heterocycles. The smallest absolute Gasteiger partial charge is 0.297 e. The monoisotopic (exact) mass is 1570 g/mol. The molecule has 14 nitrogen and oxygen atoms in total. The Morgan fingerprint density at radius 3 is 0.745 bits per heavy atom. The van der Waals surface area contributed by atoms with Gasteiger partial charge in [-0.05, 0) is 134 Å². The number of unbranched alkanes of at least 4 members (excludes halogenated alkanes) is 16. The van der Waals surface area contributed by atoms with Gasteiger partial charge in [0, 0.05) is 22.9 Å². The second-order valence-electron chi connectivity index (χ2n) is 28.1. The van der Waals surface area contributed by atoms with E-state index in [0.29, 0.717) is 63.5 Å². The van der Waals surface area contributed by atoms with Crippen LogP contribution in [-0.4, -0.2) is 60.1 Å². The summed E-state index contributed by atoms with van der Waals surface area (Å²) in [5.41, 5.74) is -4.67. The zero-order valence-electron chi connectivity index (χ0n) is 62.9. The largest absolute Gasteiger partial charge is 0.450 e. The molecule has 0 aliphatic rings. The second kappa shape index (κ2) is 43.8. The predicted octanol–water partition coefficient (Wildman–Crippen LogP) is 24.3. The molecule has 0 heterocycles. The van der Waals surface area contributed by atoms with Crippen LogP contribution in [0.3, 0.4) is 0 Å². The highest BCUT2D eigenvalue weighted by molar-refractivity contribution is 7.87. The molecule has 0 fully saturated rings. The lowest BCUT2D eigenvalue weighted by molar-refractivity contribution is 0.230. The Kier molecular flexibility index (Phi) is 36.9. The number of halogens is 8. The van der Waals surface area contributed by atoms with Gasteiger partial charge in [0.15, 0.2) is 23.3 Å². The van der Waals surface area contributed by atoms with Crippen molar-refractivity contribution in [2.75, 3.05) is 26.4 Å². The van der Waals surface area contributed by atoms with Crippen molar-refractivity contribution in [3.63, 3.8) is 0 Å². The Morgan fingerprint density at radius 2 is 0.500 bits per heavy atom. The van der Waals surface area contributed by atoms with Crippen LogP contribution in [0, 0.1) is 70.2 Å². The molecule has 4 atom stereocenters. The minimum absolute atomic E-state index is 0.129. The molecule has 106 heavy (non-hydrogen) atoms. The molecule has 0 saturated carbocycles. The first-order valence-corrected chi connectivity index (χ1v) is 44.0. The van der Waals surface area contributed by atoms with Crippen molar-refractivity contribution in [1.82, 2.24) is 0 Å². The Morgan fingerprint density at radius 1 is 0.274 bits per heavy atom. The van der Waals surface area contributed by atoms with Gasteiger partial charge in [-0.15, -0.1) is 0 Å². The van der Waals surface area contributed by atoms with Crippen LogP contribution in [-0.2, 0) is 57.2 Å². The van der Waals surface area contributed by atoms with Crippen LogP contribution < -0.4 is 9.47 Å². The van der Waals surface area contributed by atoms with Gasteiger partial charge in [0.05, 0.1) is 57.1 Å². The lowest BCUT2D eigenvalue weighted by atomic mass is 9.96. The van der Waals surface area contributed by atoms with Gasteiger partial charge in [-0.3, -0.25) is 16.7 Å². The van der Waals surface area contributed by atoms with E-state index in [2.05, 4.69) is 13.8 Å². The van der Waals surface area contributed by atoms with Crippen molar-refractivity contribution in [3.8, 4) is 34.1 Å². The standard InChI is InChI=1S/C80H110F8O14S4/c1-9-17-25-29-37-55(33-21-13-5)51-97-103(89,90)61-41-43-65-59(45-61)47-63(105(93,94)99-53-57(35-23-15-7)39-31-27-19-11-3)49-67(65)101-79-75(85)71(81)69(72(82)76(79)86)70-73(83)77(87)80(78(88)74(70)84)102-68-50-64(106(95,96)100-54-58(36-24-16-8)40-32-28-20-12-4)48-60-46-62(42-44-66(60)68)104(91,92)98-52-56(34-22-14-6)38-30-26-18-10-2/h41-50,55-58H,9-40,51-54H2,1-8H3. The fraction of sp³-hybridized carbons (Fsp3) is 0.600. The summed E-state index contributed by atoms with van der Waals surface area (Å²) in [6.07, 6.45) is 26.2. The van der Waals surface area contributed by atoms with Crippen LogP contribution in [0.5, 0.6) is 23.0 Å². The molecular formula is C80H110F8O14S4. The van der Waals surface area contributed by atoms with Gasteiger partial charge < -0.3 is 9.47 Å². The van der Waals surface area contributed by atoms with E-state index in [1.807, 2.05) is 41.5 Å². The highest BCUT2D eigenvalue weighted by Crippen LogP contribution is 2.46. The van der Waals surface area contributed by atoms with Crippen LogP contribution in [0.25, 0.3) is 32.7 Å². The van der Waals surface area contributed by atoms with Crippen LogP contribution in [0.2, 0.25) is 0 Å². The van der Waals surface area contributed by atoms with Gasteiger partial charge in [-0.1, -0.05) is 209 Å². The summed E-state index contributed by atoms with van der Waals surface area (Å²) in [6, 6.07) is 9.51. The van der Waals surface area contributed by atoms with Crippen LogP contribution in [0.1, 0.15) is 261 Å². The van der Waals surface area contributed by atoms with Gasteiger partial charge in [0.25, 0.3) is 40.5 Å². The highest BCUT2D eigenvalue weighted by Gasteiger charge is 2.37. The molecule has 6 aromatic carbocycles. The second-order valence-corrected chi connectivity index (χ2v) is 34.6. The van der Waals surface area contributed by atoms with E-state index in [9.17, 15) is 33.7 Å². The third kappa shape index (κ3) is 25.3. The highest BCUT2D eigenvalue weighted by atomic mass is 32.2. The number of hydrogen-bond donors (Lipinski definition) is 0. The lowest BCUT2D eigenvalue weighted by Crippen LogP contribution is -2.16. The average Bonchev–Trinajstić information content (AvgIpc) is 0.755. The van der Waals surface area contributed by atoms with Gasteiger partial charge >= 0.3 is 0 Å². The molecule has 0 aliphatic heterocycles. The summed E-state index contributed by atoms with van der Waals surface area (Å²) in [6.45, 7) is 15.2. The fourth-order valence-corrected chi connectivity index (χ4v) is 17.2. The van der Waals surface area contributed by atoms with Crippen molar-refractivity contribution in [2.45, 2.75) is 280 Å². The van der Waals surface area contributed by atoms with Gasteiger partial charge in [-0.25, -0.2) is 17.6 Å². The Labute approximate surface area is 625 Å². The van der Waals surface area contributed by atoms with Crippen LogP contribution >= 0.6 is 0 Å². The molecule has 26 heteroatoms. The quantitative estimate of drug-likeness (QED) is 0.0152. The minimum Gasteiger partial charge on any atom is -0.450 e. The topological polar surface area (TPSA) is 192 Å². The molecule has 0 bridgehead atoms. The maximum atomic E-state index is 16.8. The van der Waals surface area contributed by atoms with E-state index < -0.39 is 141 Å². The van der Waals surface area contributed by atoms with Gasteiger partial charge in [0.2, 0.25) is 34.8 Å². The van der Waals surface area contributed by atoms with E-state index in [1.165, 1.54) is 0 Å². The maximum absolute atomic E-state index is 16.8. The normalized spacial score (nSPS) is 13.6. The van der Waals surface area contributed by atoms with Crippen LogP contribution in [0.15, 0.2) is 80.2 Å². The minimum atomic E-state index is -4.90. The zero-order valence-corrected chi connectivity index (χ0v) is 66.2. The van der Waals surface area contributed by atoms with Crippen molar-refractivity contribution in [3.05, 3.63) is 107 Å². The summed E-state index contributed by atoms with van der Waals surface area (Å²) in [4.78, 5) is -2.49. The number of rotatable bonds is 53. The third-order valence-electron chi connectivity index (χ3n) is 19.6. The van der Waals surface area contributed by atoms with E-state index in [-0.39, 0.29) is 71.6 Å². The zero-order chi connectivity index (χ0) is 77.8. The number of benzene rings is 6. The first-order chi connectivity index (χ1) is 50.6. The molecular weight excluding hydrogens is 1470 g/mol. The molecule has 0 spiro atoms. The molecule has 0 aliphatic carbocycles. The van der Waals surface area contributed by atoms with E-state index >= 15 is 35.1 Å². The Balaban J connectivity index is 1.45. The average molecular weight is 1580 g/mol. The van der Waals surface area contributed by atoms with E-state index in [4.69, 9.17) is 26.2 Å². The van der Waals surface area contributed by atoms with Crippen molar-refractivity contribution in [1.29, 1.82) is 0 Å². The summed E-state index contributed by atoms with van der Waals surface area (Å²) in [5.74, 6) is -27.4. The fourth-order valence-electron chi connectivity index (χ4n) is 13.1. The summed E-state index contributed by atoms with van der Waals surface area (Å²) < 4.78 is 281. The lowest BCUT2D eigenvalue weighted by Gasteiger charge is -2.19. The predicted molar refractivity (Wildman–Crippen MR) is 399 cm³/mol. The third-order valence-corrected chi connectivity index (χ3v) is 24.6. The first-order valence-electron chi connectivity index (χ1n) is 38.4. The van der Waals surface area contributed by atoms with Gasteiger partial charge in [0.1, 0.15) is 11.5 Å². The molecule has 6 rings (SSSR count). The molecule has 0 saturated heterocycles. The van der Waals surface area contributed by atoms with Crippen molar-refractivity contribution in [2.24, 2.45) is 23.7 Å². The van der Waals surface area contributed by atoms with Gasteiger partial charge in [-0.2, -0.15) is 51.2 Å². The first kappa shape index (κ1) is 89.4. The molecule has 6 aromatic rings. The molecule has 4 unspecified atom stereocenters. The Hall–Kier alpha value is -5.48. The van der Waals surface area contributed by atoms with Crippen molar-refractivity contribution >= 4 is 62.0 Å². The Bertz CT molecular complexity index is 3940. The molecule has 0 N–H and O–H groups in total. The SMILES string of the molecule is CCCCCCC(CCCC)COS(=O)(=O)c1ccc2c(Oc3c(F)c(F)c(-c4c(F)c(F)c(Oc5cc(S(=O)(=O)OCC(CCCC)CCCCCC)cc6cc(S(=O)(=O)OCC(CCCC)CCCCCC)ccc56)c(F)c4F)c(F)c3F)cc(S(=O)(=O)OCC(CCCC)CCCCCC)cc2c1.